The summed E-state index contributed by atoms with van der Waals surface area (Å²) in [6.45, 7) is 5.88. The Balaban J connectivity index is 1.51. The van der Waals surface area contributed by atoms with E-state index in [1.165, 1.54) is 29.2 Å². The van der Waals surface area contributed by atoms with Crippen molar-refractivity contribution in [3.63, 3.8) is 0 Å². The predicted molar refractivity (Wildman–Crippen MR) is 143 cm³/mol. The van der Waals surface area contributed by atoms with Gasteiger partial charge in [0.15, 0.2) is 0 Å². The molecule has 1 aliphatic heterocycles. The Labute approximate surface area is 225 Å². The highest BCUT2D eigenvalue weighted by Crippen LogP contribution is 2.35. The number of ether oxygens (including phenoxy) is 2. The minimum absolute atomic E-state index is 0.0447. The molecular formula is C31H30F2N2O4. The molecule has 0 saturated heterocycles. The van der Waals surface area contributed by atoms with Gasteiger partial charge in [-0.05, 0) is 67.8 Å². The lowest BCUT2D eigenvalue weighted by atomic mass is 9.97. The maximum atomic E-state index is 13.5. The number of hydrogen-bond donors (Lipinski definition) is 0. The Hall–Kier alpha value is -4.20. The summed E-state index contributed by atoms with van der Waals surface area (Å²) in [5, 5.41) is 0.981. The van der Waals surface area contributed by atoms with Crippen LogP contribution in [0.4, 0.5) is 13.6 Å². The summed E-state index contributed by atoms with van der Waals surface area (Å²) in [5.74, 6) is -1.25. The molecule has 5 rings (SSSR count). The summed E-state index contributed by atoms with van der Waals surface area (Å²) < 4.78 is 40.2. The Morgan fingerprint density at radius 3 is 2.15 bits per heavy atom. The first-order valence-electron chi connectivity index (χ1n) is 12.8. The molecule has 0 radical (unpaired) electrons. The molecule has 0 aliphatic carbocycles. The fourth-order valence-electron chi connectivity index (χ4n) is 4.92. The molecule has 1 amide bonds. The largest absolute Gasteiger partial charge is 0.459 e. The van der Waals surface area contributed by atoms with Crippen molar-refractivity contribution >= 4 is 23.0 Å². The molecule has 1 unspecified atom stereocenters. The van der Waals surface area contributed by atoms with E-state index in [4.69, 9.17) is 9.47 Å². The van der Waals surface area contributed by atoms with Gasteiger partial charge in [0.25, 0.3) is 0 Å². The summed E-state index contributed by atoms with van der Waals surface area (Å²) in [5.41, 5.74) is 3.58. The van der Waals surface area contributed by atoms with Crippen molar-refractivity contribution in [2.75, 3.05) is 0 Å². The van der Waals surface area contributed by atoms with Gasteiger partial charge in [0, 0.05) is 29.6 Å². The summed E-state index contributed by atoms with van der Waals surface area (Å²) in [7, 11) is 0. The van der Waals surface area contributed by atoms with E-state index >= 15 is 0 Å². The van der Waals surface area contributed by atoms with Crippen molar-refractivity contribution in [1.29, 1.82) is 0 Å². The quantitative estimate of drug-likeness (QED) is 0.280. The van der Waals surface area contributed by atoms with Gasteiger partial charge in [0.2, 0.25) is 0 Å². The number of rotatable bonds is 5. The van der Waals surface area contributed by atoms with Crippen LogP contribution in [0.15, 0.2) is 72.8 Å². The number of para-hydroxylation sites is 1. The van der Waals surface area contributed by atoms with Gasteiger partial charge >= 0.3 is 12.1 Å². The highest BCUT2D eigenvalue weighted by Gasteiger charge is 2.40. The van der Waals surface area contributed by atoms with Crippen molar-refractivity contribution in [3.05, 3.63) is 107 Å². The zero-order valence-electron chi connectivity index (χ0n) is 22.1. The van der Waals surface area contributed by atoms with E-state index < -0.39 is 23.7 Å². The Morgan fingerprint density at radius 1 is 0.897 bits per heavy atom. The van der Waals surface area contributed by atoms with Crippen molar-refractivity contribution in [3.8, 4) is 0 Å². The maximum Gasteiger partial charge on any atom is 0.411 e. The third kappa shape index (κ3) is 5.79. The molecule has 0 saturated carbocycles. The van der Waals surface area contributed by atoms with Gasteiger partial charge in [-0.25, -0.2) is 18.4 Å². The summed E-state index contributed by atoms with van der Waals surface area (Å²) in [6.07, 6.45) is -0.371. The van der Waals surface area contributed by atoms with E-state index in [0.29, 0.717) is 12.1 Å². The van der Waals surface area contributed by atoms with Gasteiger partial charge in [-0.15, -0.1) is 0 Å². The Kier molecular flexibility index (Phi) is 7.12. The lowest BCUT2D eigenvalue weighted by Gasteiger charge is -2.36. The topological polar surface area (TPSA) is 60.8 Å². The van der Waals surface area contributed by atoms with Crippen LogP contribution in [0.2, 0.25) is 0 Å². The summed E-state index contributed by atoms with van der Waals surface area (Å²) in [4.78, 5) is 28.2. The molecule has 0 N–H and O–H groups in total. The number of halogens is 2. The average molecular weight is 533 g/mol. The van der Waals surface area contributed by atoms with Crippen LogP contribution >= 0.6 is 0 Å². The molecule has 3 aromatic carbocycles. The molecule has 1 aliphatic rings. The fourth-order valence-corrected chi connectivity index (χ4v) is 4.92. The summed E-state index contributed by atoms with van der Waals surface area (Å²) in [6, 6.07) is 19.0. The number of carbonyl (C=O) groups is 2. The molecule has 4 aromatic rings. The lowest BCUT2D eigenvalue weighted by molar-refractivity contribution is -0.151. The van der Waals surface area contributed by atoms with Gasteiger partial charge in [-0.1, -0.05) is 42.5 Å². The standard InChI is InChI=1S/C31H30F2N2O4/c1-31(2,3)39-30(37)35-18-28-25(16-27(35)29(36)38-19-21-10-14-23(33)15-11-21)24-6-4-5-7-26(24)34(28)17-20-8-12-22(32)13-9-20/h4-15,27H,16-19H2,1-3H3. The van der Waals surface area contributed by atoms with E-state index in [1.807, 2.05) is 24.3 Å². The molecule has 0 spiro atoms. The molecule has 2 heterocycles. The number of esters is 1. The number of fused-ring (bicyclic) bond motifs is 3. The van der Waals surface area contributed by atoms with Crippen LogP contribution in [0, 0.1) is 11.6 Å². The van der Waals surface area contributed by atoms with Crippen molar-refractivity contribution in [1.82, 2.24) is 9.47 Å². The van der Waals surface area contributed by atoms with Gasteiger partial charge in [-0.3, -0.25) is 4.90 Å². The first-order chi connectivity index (χ1) is 18.6. The number of aromatic nitrogens is 1. The Bertz CT molecular complexity index is 1500. The first kappa shape index (κ1) is 26.4. The third-order valence-corrected chi connectivity index (χ3v) is 6.74. The van der Waals surface area contributed by atoms with Crippen molar-refractivity contribution in [2.45, 2.75) is 58.5 Å². The molecule has 39 heavy (non-hydrogen) atoms. The van der Waals surface area contributed by atoms with Gasteiger partial charge in [-0.2, -0.15) is 0 Å². The van der Waals surface area contributed by atoms with E-state index in [2.05, 4.69) is 4.57 Å². The monoisotopic (exact) mass is 532 g/mol. The summed E-state index contributed by atoms with van der Waals surface area (Å²) >= 11 is 0. The van der Waals surface area contributed by atoms with E-state index in [-0.39, 0.29) is 31.2 Å². The van der Waals surface area contributed by atoms with Crippen LogP contribution in [0.5, 0.6) is 0 Å². The fraction of sp³-hybridized carbons (Fsp3) is 0.290. The smallest absolute Gasteiger partial charge is 0.411 e. The minimum atomic E-state index is -0.905. The number of carbonyl (C=O) groups excluding carboxylic acids is 2. The van der Waals surface area contributed by atoms with Crippen LogP contribution in [0.25, 0.3) is 10.9 Å². The number of benzene rings is 3. The van der Waals surface area contributed by atoms with Crippen molar-refractivity contribution < 1.29 is 27.8 Å². The van der Waals surface area contributed by atoms with E-state index in [0.717, 1.165) is 27.7 Å². The van der Waals surface area contributed by atoms with Gasteiger partial charge < -0.3 is 14.0 Å². The average Bonchev–Trinajstić information content (AvgIpc) is 3.20. The SMILES string of the molecule is CC(C)(C)OC(=O)N1Cc2c(c3ccccc3n2Cc2ccc(F)cc2)CC1C(=O)OCc1ccc(F)cc1. The second-order valence-electron chi connectivity index (χ2n) is 10.7. The zero-order valence-corrected chi connectivity index (χ0v) is 22.1. The van der Waals surface area contributed by atoms with Gasteiger partial charge in [0.05, 0.1) is 6.54 Å². The number of nitrogens with zero attached hydrogens (tertiary/aromatic N) is 2. The predicted octanol–water partition coefficient (Wildman–Crippen LogP) is 6.37. The molecule has 1 aromatic heterocycles. The normalized spacial score (nSPS) is 15.2. The van der Waals surface area contributed by atoms with Gasteiger partial charge in [0.1, 0.15) is 29.9 Å². The van der Waals surface area contributed by atoms with E-state index in [9.17, 15) is 18.4 Å². The van der Waals surface area contributed by atoms with Crippen LogP contribution in [0.3, 0.4) is 0 Å². The van der Waals surface area contributed by atoms with Crippen molar-refractivity contribution in [2.24, 2.45) is 0 Å². The molecule has 202 valence electrons. The molecular weight excluding hydrogens is 502 g/mol. The van der Waals surface area contributed by atoms with Crippen LogP contribution < -0.4 is 0 Å². The Morgan fingerprint density at radius 2 is 1.51 bits per heavy atom. The maximum absolute atomic E-state index is 13.5. The zero-order chi connectivity index (χ0) is 27.7. The second kappa shape index (κ2) is 10.5. The molecule has 8 heteroatoms. The third-order valence-electron chi connectivity index (χ3n) is 6.74. The number of amides is 1. The lowest BCUT2D eigenvalue weighted by Crippen LogP contribution is -2.51. The molecule has 1 atom stereocenters. The first-order valence-corrected chi connectivity index (χ1v) is 12.8. The van der Waals surface area contributed by atoms with Crippen LogP contribution in [-0.4, -0.2) is 33.2 Å². The van der Waals surface area contributed by atoms with E-state index in [1.54, 1.807) is 45.0 Å². The van der Waals surface area contributed by atoms with Crippen LogP contribution in [0.1, 0.15) is 43.2 Å². The molecule has 0 fully saturated rings. The highest BCUT2D eigenvalue weighted by atomic mass is 19.1. The second-order valence-corrected chi connectivity index (χ2v) is 10.7. The molecule has 6 nitrogen and oxygen atoms in total. The highest BCUT2D eigenvalue weighted by molar-refractivity contribution is 5.89. The minimum Gasteiger partial charge on any atom is -0.459 e. The number of hydrogen-bond acceptors (Lipinski definition) is 4. The molecule has 0 bridgehead atoms. The van der Waals surface area contributed by atoms with Crippen LogP contribution in [-0.2, 0) is 40.4 Å².